The average molecular weight is 308 g/mol. The van der Waals surface area contributed by atoms with Crippen LogP contribution in [0, 0.1) is 0 Å². The maximum absolute atomic E-state index is 12.1. The number of benzene rings is 3. The number of hydrogen-bond donors (Lipinski definition) is 2. The van der Waals surface area contributed by atoms with E-state index in [0.717, 1.165) is 10.8 Å². The second-order valence-electron chi connectivity index (χ2n) is 4.97. The molecule has 0 atom stereocenters. The molecule has 0 aliphatic carbocycles. The highest BCUT2D eigenvalue weighted by molar-refractivity contribution is 6.04. The van der Waals surface area contributed by atoms with Crippen molar-refractivity contribution in [2.75, 3.05) is 0 Å². The van der Waals surface area contributed by atoms with Crippen molar-refractivity contribution >= 4 is 22.7 Å². The third-order valence-electron chi connectivity index (χ3n) is 3.35. The lowest BCUT2D eigenvalue weighted by Crippen LogP contribution is -2.12. The molecule has 0 saturated heterocycles. The molecule has 0 aliphatic rings. The number of ether oxygens (including phenoxy) is 1. The van der Waals surface area contributed by atoms with Gasteiger partial charge in [0.05, 0.1) is 11.1 Å². The molecule has 5 nitrogen and oxygen atoms in total. The lowest BCUT2D eigenvalue weighted by atomic mass is 10.1. The Balaban J connectivity index is 1.81. The molecule has 3 aromatic rings. The van der Waals surface area contributed by atoms with Crippen LogP contribution in [0.15, 0.2) is 60.7 Å². The van der Waals surface area contributed by atoms with Crippen molar-refractivity contribution in [2.24, 2.45) is 0 Å². The number of phenolic OH excluding ortho intramolecular Hbond substituents is 2. The van der Waals surface area contributed by atoms with E-state index in [2.05, 4.69) is 0 Å². The molecule has 0 amide bonds. The van der Waals surface area contributed by atoms with Gasteiger partial charge in [-0.1, -0.05) is 12.1 Å². The Morgan fingerprint density at radius 2 is 1.17 bits per heavy atom. The largest absolute Gasteiger partial charge is 0.508 e. The predicted octanol–water partition coefficient (Wildman–Crippen LogP) is 3.25. The first-order chi connectivity index (χ1) is 11.0. The molecular formula is C18H12O5. The summed E-state index contributed by atoms with van der Waals surface area (Å²) < 4.78 is 4.83. The molecule has 23 heavy (non-hydrogen) atoms. The fourth-order valence-corrected chi connectivity index (χ4v) is 2.16. The number of aromatic hydroxyl groups is 2. The number of esters is 2. The van der Waals surface area contributed by atoms with Gasteiger partial charge in [-0.2, -0.15) is 0 Å². The number of carbonyl (C=O) groups excluding carboxylic acids is 2. The van der Waals surface area contributed by atoms with Gasteiger partial charge in [-0.25, -0.2) is 9.59 Å². The average Bonchev–Trinajstić information content (AvgIpc) is 2.54. The molecule has 0 aliphatic heterocycles. The van der Waals surface area contributed by atoms with Crippen LogP contribution < -0.4 is 0 Å². The number of fused-ring (bicyclic) bond motifs is 1. The topological polar surface area (TPSA) is 83.8 Å². The van der Waals surface area contributed by atoms with Gasteiger partial charge >= 0.3 is 11.9 Å². The molecule has 0 aromatic heterocycles. The number of hydrogen-bond acceptors (Lipinski definition) is 5. The van der Waals surface area contributed by atoms with Crippen LogP contribution in [0.3, 0.4) is 0 Å². The van der Waals surface area contributed by atoms with Gasteiger partial charge in [-0.15, -0.1) is 0 Å². The van der Waals surface area contributed by atoms with E-state index in [4.69, 9.17) is 4.74 Å². The molecule has 0 fully saturated rings. The molecule has 0 bridgehead atoms. The van der Waals surface area contributed by atoms with E-state index in [-0.39, 0.29) is 22.6 Å². The smallest absolute Gasteiger partial charge is 0.346 e. The zero-order valence-electron chi connectivity index (χ0n) is 11.9. The van der Waals surface area contributed by atoms with E-state index in [1.807, 2.05) is 0 Å². The van der Waals surface area contributed by atoms with Gasteiger partial charge in [-0.05, 0) is 59.3 Å². The van der Waals surface area contributed by atoms with E-state index in [1.54, 1.807) is 24.3 Å². The Morgan fingerprint density at radius 1 is 0.652 bits per heavy atom. The van der Waals surface area contributed by atoms with Crippen LogP contribution in [0.5, 0.6) is 11.5 Å². The van der Waals surface area contributed by atoms with Gasteiger partial charge < -0.3 is 14.9 Å². The van der Waals surface area contributed by atoms with Crippen molar-refractivity contribution < 1.29 is 24.5 Å². The molecular weight excluding hydrogens is 296 g/mol. The Bertz CT molecular complexity index is 897. The monoisotopic (exact) mass is 308 g/mol. The quantitative estimate of drug-likeness (QED) is 0.561. The number of rotatable bonds is 2. The third kappa shape index (κ3) is 3.13. The summed E-state index contributed by atoms with van der Waals surface area (Å²) in [5.74, 6) is -1.40. The van der Waals surface area contributed by atoms with Crippen LogP contribution >= 0.6 is 0 Å². The Kier molecular flexibility index (Phi) is 3.68. The Morgan fingerprint density at radius 3 is 1.91 bits per heavy atom. The van der Waals surface area contributed by atoms with Crippen molar-refractivity contribution in [2.45, 2.75) is 0 Å². The fourth-order valence-electron chi connectivity index (χ4n) is 2.16. The maximum atomic E-state index is 12.1. The van der Waals surface area contributed by atoms with Crippen molar-refractivity contribution in [3.63, 3.8) is 0 Å². The Labute approximate surface area is 131 Å². The van der Waals surface area contributed by atoms with E-state index >= 15 is 0 Å². The molecule has 0 spiro atoms. The van der Waals surface area contributed by atoms with Crippen LogP contribution in [0.25, 0.3) is 10.8 Å². The fraction of sp³-hybridized carbons (Fsp3) is 0. The molecule has 0 heterocycles. The minimum absolute atomic E-state index is 0.0191. The summed E-state index contributed by atoms with van der Waals surface area (Å²) >= 11 is 0. The SMILES string of the molecule is O=C(OC(=O)c1ccc2cc(O)ccc2c1)c1ccc(O)cc1. The summed E-state index contributed by atoms with van der Waals surface area (Å²) in [5, 5.41) is 20.1. The standard InChI is InChI=1S/C18H12O5/c19-15-6-3-11(4-7-15)17(21)23-18(22)14-2-1-13-10-16(20)8-5-12(13)9-14/h1-10,19-20H. The second-order valence-corrected chi connectivity index (χ2v) is 4.97. The number of phenols is 2. The van der Waals surface area contributed by atoms with E-state index in [9.17, 15) is 19.8 Å². The molecule has 5 heteroatoms. The molecule has 0 unspecified atom stereocenters. The highest BCUT2D eigenvalue weighted by Crippen LogP contribution is 2.21. The van der Waals surface area contributed by atoms with Gasteiger partial charge in [0.25, 0.3) is 0 Å². The Hall–Kier alpha value is -3.34. The predicted molar refractivity (Wildman–Crippen MR) is 83.5 cm³/mol. The lowest BCUT2D eigenvalue weighted by molar-refractivity contribution is 0.0398. The van der Waals surface area contributed by atoms with E-state index < -0.39 is 11.9 Å². The summed E-state index contributed by atoms with van der Waals surface area (Å²) in [6, 6.07) is 14.9. The van der Waals surface area contributed by atoms with Crippen LogP contribution in [-0.2, 0) is 4.74 Å². The first-order valence-corrected chi connectivity index (χ1v) is 6.81. The van der Waals surface area contributed by atoms with Crippen molar-refractivity contribution in [3.8, 4) is 11.5 Å². The molecule has 0 saturated carbocycles. The first-order valence-electron chi connectivity index (χ1n) is 6.81. The van der Waals surface area contributed by atoms with Crippen LogP contribution in [0.2, 0.25) is 0 Å². The normalized spacial score (nSPS) is 10.4. The highest BCUT2D eigenvalue weighted by Gasteiger charge is 2.15. The highest BCUT2D eigenvalue weighted by atomic mass is 16.6. The molecule has 114 valence electrons. The van der Waals surface area contributed by atoms with Crippen LogP contribution in [0.4, 0.5) is 0 Å². The summed E-state index contributed by atoms with van der Waals surface area (Å²) in [6.45, 7) is 0. The molecule has 3 rings (SSSR count). The summed E-state index contributed by atoms with van der Waals surface area (Å²) in [6.07, 6.45) is 0. The zero-order valence-corrected chi connectivity index (χ0v) is 11.9. The van der Waals surface area contributed by atoms with Crippen molar-refractivity contribution in [3.05, 3.63) is 71.8 Å². The van der Waals surface area contributed by atoms with Gasteiger partial charge in [0.1, 0.15) is 11.5 Å². The van der Waals surface area contributed by atoms with Gasteiger partial charge in [0, 0.05) is 0 Å². The number of carbonyl (C=O) groups is 2. The van der Waals surface area contributed by atoms with Crippen molar-refractivity contribution in [1.29, 1.82) is 0 Å². The van der Waals surface area contributed by atoms with E-state index in [1.165, 1.54) is 36.4 Å². The minimum Gasteiger partial charge on any atom is -0.508 e. The second kappa shape index (κ2) is 5.81. The summed E-state index contributed by atoms with van der Waals surface area (Å²) in [7, 11) is 0. The van der Waals surface area contributed by atoms with Crippen LogP contribution in [0.1, 0.15) is 20.7 Å². The first kappa shape index (κ1) is 14.6. The minimum atomic E-state index is -0.791. The maximum Gasteiger partial charge on any atom is 0.346 e. The third-order valence-corrected chi connectivity index (χ3v) is 3.35. The van der Waals surface area contributed by atoms with Gasteiger partial charge in [-0.3, -0.25) is 0 Å². The van der Waals surface area contributed by atoms with Gasteiger partial charge in [0.15, 0.2) is 0 Å². The molecule has 2 N–H and O–H groups in total. The summed E-state index contributed by atoms with van der Waals surface area (Å²) in [4.78, 5) is 24.0. The summed E-state index contributed by atoms with van der Waals surface area (Å²) in [5.41, 5.74) is 0.400. The molecule has 3 aromatic carbocycles. The molecule has 0 radical (unpaired) electrons. The van der Waals surface area contributed by atoms with E-state index in [0.29, 0.717) is 0 Å². The van der Waals surface area contributed by atoms with Crippen molar-refractivity contribution in [1.82, 2.24) is 0 Å². The van der Waals surface area contributed by atoms with Gasteiger partial charge in [0.2, 0.25) is 0 Å². The lowest BCUT2D eigenvalue weighted by Gasteiger charge is -2.05. The van der Waals surface area contributed by atoms with Crippen LogP contribution in [-0.4, -0.2) is 22.2 Å². The zero-order chi connectivity index (χ0) is 16.4.